The Labute approximate surface area is 93.3 Å². The molecule has 0 spiro atoms. The van der Waals surface area contributed by atoms with Crippen LogP contribution in [0.25, 0.3) is 0 Å². The van der Waals surface area contributed by atoms with Gasteiger partial charge in [-0.3, -0.25) is 0 Å². The van der Waals surface area contributed by atoms with Crippen LogP contribution < -0.4 is 0 Å². The van der Waals surface area contributed by atoms with E-state index in [1.807, 2.05) is 12.2 Å². The summed E-state index contributed by atoms with van der Waals surface area (Å²) in [4.78, 5) is 0. The first-order chi connectivity index (χ1) is 7.36. The van der Waals surface area contributed by atoms with Gasteiger partial charge in [0.1, 0.15) is 0 Å². The summed E-state index contributed by atoms with van der Waals surface area (Å²) in [5.41, 5.74) is 2.82. The normalized spacial score (nSPS) is 10.7. The first kappa shape index (κ1) is 11.8. The zero-order valence-corrected chi connectivity index (χ0v) is 9.58. The van der Waals surface area contributed by atoms with Gasteiger partial charge in [0.2, 0.25) is 0 Å². The summed E-state index contributed by atoms with van der Waals surface area (Å²) in [6, 6.07) is 8.93. The lowest BCUT2D eigenvalue weighted by molar-refractivity contribution is 0.795. The summed E-state index contributed by atoms with van der Waals surface area (Å²) in [5.74, 6) is 0. The van der Waals surface area contributed by atoms with Crippen LogP contribution in [0, 0.1) is 0 Å². The van der Waals surface area contributed by atoms with Gasteiger partial charge in [-0.05, 0) is 30.4 Å². The van der Waals surface area contributed by atoms with Crippen molar-refractivity contribution in [3.05, 3.63) is 60.2 Å². The molecule has 0 aliphatic rings. The smallest absolute Gasteiger partial charge is 0.00943 e. The van der Waals surface area contributed by atoms with E-state index in [1.165, 1.54) is 30.4 Å². The average Bonchev–Trinajstić information content (AvgIpc) is 2.28. The lowest BCUT2D eigenvalue weighted by atomic mass is 10.0. The fraction of sp³-hybridized carbons (Fsp3) is 0.333. The Morgan fingerprint density at radius 3 is 2.40 bits per heavy atom. The summed E-state index contributed by atoms with van der Waals surface area (Å²) >= 11 is 0. The minimum atomic E-state index is 1.00. The lowest BCUT2D eigenvalue weighted by Crippen LogP contribution is -1.86. The molecule has 0 aromatic heterocycles. The third kappa shape index (κ3) is 4.64. The van der Waals surface area contributed by atoms with Crippen molar-refractivity contribution in [2.24, 2.45) is 0 Å². The maximum atomic E-state index is 3.65. The topological polar surface area (TPSA) is 0 Å². The van der Waals surface area contributed by atoms with Gasteiger partial charge in [-0.15, -0.1) is 0 Å². The Morgan fingerprint density at radius 2 is 1.80 bits per heavy atom. The van der Waals surface area contributed by atoms with Crippen LogP contribution in [0.4, 0.5) is 0 Å². The van der Waals surface area contributed by atoms with E-state index < -0.39 is 0 Å². The predicted octanol–water partition coefficient (Wildman–Crippen LogP) is 4.31. The first-order valence-corrected chi connectivity index (χ1v) is 5.72. The van der Waals surface area contributed by atoms with E-state index in [9.17, 15) is 0 Å². The molecule has 0 bridgehead atoms. The van der Waals surface area contributed by atoms with E-state index in [-0.39, 0.29) is 0 Å². The van der Waals surface area contributed by atoms with Crippen LogP contribution >= 0.6 is 0 Å². The van der Waals surface area contributed by atoms with Crippen molar-refractivity contribution in [2.75, 3.05) is 0 Å². The first-order valence-electron chi connectivity index (χ1n) is 5.72. The van der Waals surface area contributed by atoms with Crippen molar-refractivity contribution in [3.8, 4) is 0 Å². The van der Waals surface area contributed by atoms with Crippen molar-refractivity contribution in [2.45, 2.75) is 32.6 Å². The molecule has 0 atom stereocenters. The van der Waals surface area contributed by atoms with E-state index in [1.54, 1.807) is 0 Å². The lowest BCUT2D eigenvalue weighted by Gasteiger charge is -2.01. The number of benzene rings is 1. The van der Waals surface area contributed by atoms with Crippen molar-refractivity contribution in [1.29, 1.82) is 0 Å². The van der Waals surface area contributed by atoms with Crippen LogP contribution in [0.3, 0.4) is 0 Å². The van der Waals surface area contributed by atoms with E-state index in [0.29, 0.717) is 0 Å². The Balaban J connectivity index is 2.48. The molecule has 0 fully saturated rings. The molecule has 0 radical (unpaired) electrons. The van der Waals surface area contributed by atoms with Crippen molar-refractivity contribution in [1.82, 2.24) is 0 Å². The number of rotatable bonds is 6. The van der Waals surface area contributed by atoms with E-state index in [2.05, 4.69) is 43.8 Å². The van der Waals surface area contributed by atoms with Crippen LogP contribution in [0.5, 0.6) is 0 Å². The molecular formula is C15H20. The molecule has 0 saturated heterocycles. The molecule has 0 heterocycles. The predicted molar refractivity (Wildman–Crippen MR) is 68.1 cm³/mol. The molecule has 1 aromatic rings. The molecule has 0 N–H and O–H groups in total. The van der Waals surface area contributed by atoms with Gasteiger partial charge in [-0.2, -0.15) is 0 Å². The number of aryl methyl sites for hydroxylation is 1. The molecule has 0 heteroatoms. The minimum Gasteiger partial charge on any atom is -0.0991 e. The highest BCUT2D eigenvalue weighted by molar-refractivity contribution is 5.24. The summed E-state index contributed by atoms with van der Waals surface area (Å²) < 4.78 is 0. The SMILES string of the molecule is C=CC=CCc1ccc(CCCC)cc1. The molecule has 0 unspecified atom stereocenters. The third-order valence-corrected chi connectivity index (χ3v) is 2.47. The number of allylic oxidation sites excluding steroid dienone is 3. The van der Waals surface area contributed by atoms with Gasteiger partial charge in [0.15, 0.2) is 0 Å². The zero-order chi connectivity index (χ0) is 10.9. The highest BCUT2D eigenvalue weighted by atomic mass is 14.0. The second kappa shape index (κ2) is 7.05. The van der Waals surface area contributed by atoms with Crippen LogP contribution in [0.15, 0.2) is 49.1 Å². The summed E-state index contributed by atoms with van der Waals surface area (Å²) in [6.07, 6.45) is 10.7. The summed E-state index contributed by atoms with van der Waals surface area (Å²) in [7, 11) is 0. The van der Waals surface area contributed by atoms with Gasteiger partial charge in [-0.25, -0.2) is 0 Å². The Morgan fingerprint density at radius 1 is 1.13 bits per heavy atom. The van der Waals surface area contributed by atoms with Crippen LogP contribution in [0.1, 0.15) is 30.9 Å². The fourth-order valence-corrected chi connectivity index (χ4v) is 1.52. The average molecular weight is 200 g/mol. The highest BCUT2D eigenvalue weighted by Gasteiger charge is 1.93. The molecule has 1 rings (SSSR count). The van der Waals surface area contributed by atoms with Gasteiger partial charge >= 0.3 is 0 Å². The van der Waals surface area contributed by atoms with E-state index >= 15 is 0 Å². The molecule has 1 aromatic carbocycles. The number of hydrogen-bond acceptors (Lipinski definition) is 0. The maximum Gasteiger partial charge on any atom is -0.00943 e. The van der Waals surface area contributed by atoms with Gasteiger partial charge in [0.25, 0.3) is 0 Å². The summed E-state index contributed by atoms with van der Waals surface area (Å²) in [6.45, 7) is 5.88. The van der Waals surface area contributed by atoms with E-state index in [0.717, 1.165) is 6.42 Å². The quantitative estimate of drug-likeness (QED) is 0.600. The van der Waals surface area contributed by atoms with Crippen molar-refractivity contribution in [3.63, 3.8) is 0 Å². The molecule has 0 aliphatic heterocycles. The Bertz CT molecular complexity index is 303. The van der Waals surface area contributed by atoms with Crippen LogP contribution in [0.2, 0.25) is 0 Å². The molecule has 0 nitrogen and oxygen atoms in total. The van der Waals surface area contributed by atoms with Gasteiger partial charge < -0.3 is 0 Å². The molecule has 0 saturated carbocycles. The maximum absolute atomic E-state index is 3.65. The Hall–Kier alpha value is -1.30. The third-order valence-electron chi connectivity index (χ3n) is 2.47. The monoisotopic (exact) mass is 200 g/mol. The van der Waals surface area contributed by atoms with Crippen molar-refractivity contribution >= 4 is 0 Å². The standard InChI is InChI=1S/C15H20/c1-3-5-7-9-15-12-10-14(11-13-15)8-6-4-2/h3,5,7,10-13H,1,4,6,8-9H2,2H3. The second-order valence-corrected chi connectivity index (χ2v) is 3.79. The van der Waals surface area contributed by atoms with Gasteiger partial charge in [0.05, 0.1) is 0 Å². The van der Waals surface area contributed by atoms with Gasteiger partial charge in [0, 0.05) is 0 Å². The molecule has 0 amide bonds. The molecule has 15 heavy (non-hydrogen) atoms. The zero-order valence-electron chi connectivity index (χ0n) is 9.58. The highest BCUT2D eigenvalue weighted by Crippen LogP contribution is 2.08. The second-order valence-electron chi connectivity index (χ2n) is 3.79. The number of unbranched alkanes of at least 4 members (excludes halogenated alkanes) is 1. The van der Waals surface area contributed by atoms with E-state index in [4.69, 9.17) is 0 Å². The summed E-state index contributed by atoms with van der Waals surface area (Å²) in [5, 5.41) is 0. The molecule has 80 valence electrons. The number of hydrogen-bond donors (Lipinski definition) is 0. The van der Waals surface area contributed by atoms with Gasteiger partial charge in [-0.1, -0.05) is 62.4 Å². The fourth-order valence-electron chi connectivity index (χ4n) is 1.52. The molecule has 0 aliphatic carbocycles. The van der Waals surface area contributed by atoms with Crippen molar-refractivity contribution < 1.29 is 0 Å². The van der Waals surface area contributed by atoms with Crippen LogP contribution in [-0.4, -0.2) is 0 Å². The van der Waals surface area contributed by atoms with Crippen LogP contribution in [-0.2, 0) is 12.8 Å². The Kier molecular flexibility index (Phi) is 5.54. The molecular weight excluding hydrogens is 180 g/mol. The largest absolute Gasteiger partial charge is 0.0991 e. The minimum absolute atomic E-state index is 1.00.